The second-order valence-electron chi connectivity index (χ2n) is 4.69. The van der Waals surface area contributed by atoms with Gasteiger partial charge in [-0.2, -0.15) is 0 Å². The van der Waals surface area contributed by atoms with E-state index in [2.05, 4.69) is 24.5 Å². The van der Waals surface area contributed by atoms with E-state index in [9.17, 15) is 4.79 Å². The van der Waals surface area contributed by atoms with E-state index in [0.717, 1.165) is 5.92 Å². The number of nitrogens with one attached hydrogen (secondary N) is 2. The number of amides is 1. The van der Waals surface area contributed by atoms with Gasteiger partial charge in [-0.25, -0.2) is 0 Å². The van der Waals surface area contributed by atoms with Crippen molar-refractivity contribution >= 4 is 5.91 Å². The van der Waals surface area contributed by atoms with Crippen molar-refractivity contribution in [3.05, 3.63) is 0 Å². The summed E-state index contributed by atoms with van der Waals surface area (Å²) < 4.78 is 4.85. The van der Waals surface area contributed by atoms with Gasteiger partial charge in [0.2, 0.25) is 5.91 Å². The molecule has 4 heteroatoms. The van der Waals surface area contributed by atoms with Gasteiger partial charge in [0.25, 0.3) is 0 Å². The smallest absolute Gasteiger partial charge is 0.234 e. The Morgan fingerprint density at radius 2 is 2.13 bits per heavy atom. The molecule has 1 aliphatic rings. The Balaban J connectivity index is 2.10. The molecule has 1 saturated carbocycles. The predicted molar refractivity (Wildman–Crippen MR) is 59.7 cm³/mol. The number of carbonyl (C=O) groups is 1. The normalized spacial score (nSPS) is 16.5. The van der Waals surface area contributed by atoms with Crippen LogP contribution in [0.3, 0.4) is 0 Å². The van der Waals surface area contributed by atoms with Gasteiger partial charge in [0, 0.05) is 19.2 Å². The van der Waals surface area contributed by atoms with Gasteiger partial charge in [-0.05, 0) is 32.6 Å². The van der Waals surface area contributed by atoms with Crippen LogP contribution < -0.4 is 10.6 Å². The molecule has 0 aliphatic heterocycles. The van der Waals surface area contributed by atoms with E-state index in [0.29, 0.717) is 19.7 Å². The van der Waals surface area contributed by atoms with E-state index in [1.807, 2.05) is 0 Å². The molecule has 15 heavy (non-hydrogen) atoms. The highest BCUT2D eigenvalue weighted by Crippen LogP contribution is 2.38. The number of carbonyl (C=O) groups excluding carboxylic acids is 1. The highest BCUT2D eigenvalue weighted by molar-refractivity contribution is 5.78. The molecule has 1 rings (SSSR count). The fraction of sp³-hybridized carbons (Fsp3) is 0.909. The van der Waals surface area contributed by atoms with Crippen LogP contribution in [0.2, 0.25) is 0 Å². The maximum Gasteiger partial charge on any atom is 0.234 e. The van der Waals surface area contributed by atoms with Crippen LogP contribution in [0.1, 0.15) is 26.7 Å². The summed E-state index contributed by atoms with van der Waals surface area (Å²) in [5.74, 6) is 0.782. The quantitative estimate of drug-likeness (QED) is 0.608. The molecule has 88 valence electrons. The summed E-state index contributed by atoms with van der Waals surface area (Å²) in [6.45, 7) is 5.87. The summed E-state index contributed by atoms with van der Waals surface area (Å²) in [4.78, 5) is 11.4. The van der Waals surface area contributed by atoms with Gasteiger partial charge < -0.3 is 15.4 Å². The Bertz CT molecular complexity index is 213. The third kappa shape index (κ3) is 4.62. The summed E-state index contributed by atoms with van der Waals surface area (Å²) in [5, 5.41) is 6.08. The summed E-state index contributed by atoms with van der Waals surface area (Å²) in [7, 11) is 1.63. The van der Waals surface area contributed by atoms with Crippen molar-refractivity contribution in [2.45, 2.75) is 32.2 Å². The van der Waals surface area contributed by atoms with Gasteiger partial charge in [-0.15, -0.1) is 0 Å². The fourth-order valence-electron chi connectivity index (χ4n) is 1.61. The lowest BCUT2D eigenvalue weighted by Gasteiger charge is -2.25. The van der Waals surface area contributed by atoms with Crippen LogP contribution >= 0.6 is 0 Å². The van der Waals surface area contributed by atoms with Crippen LogP contribution in [-0.2, 0) is 9.53 Å². The topological polar surface area (TPSA) is 50.4 Å². The first kappa shape index (κ1) is 12.5. The average molecular weight is 214 g/mol. The maximum absolute atomic E-state index is 11.4. The molecule has 0 atom stereocenters. The van der Waals surface area contributed by atoms with E-state index in [-0.39, 0.29) is 11.4 Å². The van der Waals surface area contributed by atoms with E-state index in [1.54, 1.807) is 7.11 Å². The third-order valence-corrected chi connectivity index (χ3v) is 2.93. The highest BCUT2D eigenvalue weighted by Gasteiger charge is 2.37. The zero-order valence-electron chi connectivity index (χ0n) is 9.93. The largest absolute Gasteiger partial charge is 0.383 e. The number of rotatable bonds is 7. The minimum Gasteiger partial charge on any atom is -0.383 e. The maximum atomic E-state index is 11.4. The molecule has 0 bridgehead atoms. The molecule has 0 heterocycles. The molecular formula is C11H22N2O2. The molecule has 1 amide bonds. The zero-order chi connectivity index (χ0) is 11.3. The molecule has 0 aromatic carbocycles. The lowest BCUT2D eigenvalue weighted by molar-refractivity contribution is -0.120. The first-order valence-electron chi connectivity index (χ1n) is 5.57. The van der Waals surface area contributed by atoms with Crippen molar-refractivity contribution in [2.75, 3.05) is 26.8 Å². The highest BCUT2D eigenvalue weighted by atomic mass is 16.5. The number of ether oxygens (including phenoxy) is 1. The Morgan fingerprint density at radius 3 is 2.67 bits per heavy atom. The SMILES string of the molecule is COCCNC(=O)CNC(C)(C)C1CC1. The molecule has 4 nitrogen and oxygen atoms in total. The van der Waals surface area contributed by atoms with Gasteiger partial charge >= 0.3 is 0 Å². The van der Waals surface area contributed by atoms with Gasteiger partial charge in [0.05, 0.1) is 13.2 Å². The summed E-state index contributed by atoms with van der Waals surface area (Å²) in [6.07, 6.45) is 2.57. The van der Waals surface area contributed by atoms with Crippen molar-refractivity contribution in [3.8, 4) is 0 Å². The Labute approximate surface area is 91.8 Å². The van der Waals surface area contributed by atoms with E-state index in [4.69, 9.17) is 4.74 Å². The summed E-state index contributed by atoms with van der Waals surface area (Å²) in [6, 6.07) is 0. The first-order valence-corrected chi connectivity index (χ1v) is 5.57. The predicted octanol–water partition coefficient (Wildman–Crippen LogP) is 0.527. The Hall–Kier alpha value is -0.610. The van der Waals surface area contributed by atoms with Gasteiger partial charge in [-0.1, -0.05) is 0 Å². The molecule has 0 spiro atoms. The lowest BCUT2D eigenvalue weighted by Crippen LogP contribution is -2.47. The molecule has 0 aromatic rings. The summed E-state index contributed by atoms with van der Waals surface area (Å²) in [5.41, 5.74) is 0.0958. The van der Waals surface area contributed by atoms with Crippen molar-refractivity contribution in [2.24, 2.45) is 5.92 Å². The molecule has 2 N–H and O–H groups in total. The summed E-state index contributed by atoms with van der Waals surface area (Å²) >= 11 is 0. The number of methoxy groups -OCH3 is 1. The van der Waals surface area contributed by atoms with Crippen molar-refractivity contribution in [1.82, 2.24) is 10.6 Å². The van der Waals surface area contributed by atoms with Gasteiger partial charge in [0.1, 0.15) is 0 Å². The third-order valence-electron chi connectivity index (χ3n) is 2.93. The molecule has 0 unspecified atom stereocenters. The average Bonchev–Trinajstić information content (AvgIpc) is 2.98. The first-order chi connectivity index (χ1) is 7.06. The molecule has 1 aliphatic carbocycles. The van der Waals surface area contributed by atoms with Crippen LogP contribution in [0, 0.1) is 5.92 Å². The van der Waals surface area contributed by atoms with E-state index < -0.39 is 0 Å². The van der Waals surface area contributed by atoms with E-state index >= 15 is 0 Å². The molecule has 0 saturated heterocycles. The monoisotopic (exact) mass is 214 g/mol. The zero-order valence-corrected chi connectivity index (χ0v) is 9.93. The molecule has 0 aromatic heterocycles. The second kappa shape index (κ2) is 5.47. The molecule has 1 fully saturated rings. The van der Waals surface area contributed by atoms with Crippen LogP contribution in [0.4, 0.5) is 0 Å². The number of hydrogen-bond donors (Lipinski definition) is 2. The van der Waals surface area contributed by atoms with Crippen molar-refractivity contribution in [3.63, 3.8) is 0 Å². The van der Waals surface area contributed by atoms with Crippen LogP contribution in [-0.4, -0.2) is 38.3 Å². The van der Waals surface area contributed by atoms with E-state index in [1.165, 1.54) is 12.8 Å². The van der Waals surface area contributed by atoms with Crippen LogP contribution in [0.25, 0.3) is 0 Å². The van der Waals surface area contributed by atoms with Gasteiger partial charge in [-0.3, -0.25) is 4.79 Å². The standard InChI is InChI=1S/C11H22N2O2/c1-11(2,9-4-5-9)13-8-10(14)12-6-7-15-3/h9,13H,4-8H2,1-3H3,(H,12,14). The van der Waals surface area contributed by atoms with Crippen LogP contribution in [0.5, 0.6) is 0 Å². The fourth-order valence-corrected chi connectivity index (χ4v) is 1.61. The second-order valence-corrected chi connectivity index (χ2v) is 4.69. The Morgan fingerprint density at radius 1 is 1.47 bits per heavy atom. The van der Waals surface area contributed by atoms with Gasteiger partial charge in [0.15, 0.2) is 0 Å². The Kier molecular flexibility index (Phi) is 4.54. The minimum atomic E-state index is 0.0424. The number of hydrogen-bond acceptors (Lipinski definition) is 3. The molecule has 0 radical (unpaired) electrons. The van der Waals surface area contributed by atoms with Crippen molar-refractivity contribution < 1.29 is 9.53 Å². The minimum absolute atomic E-state index is 0.0424. The van der Waals surface area contributed by atoms with Crippen LogP contribution in [0.15, 0.2) is 0 Å². The van der Waals surface area contributed by atoms with Crippen molar-refractivity contribution in [1.29, 1.82) is 0 Å². The lowest BCUT2D eigenvalue weighted by atomic mass is 9.99. The molecular weight excluding hydrogens is 192 g/mol.